The molecule has 0 saturated heterocycles. The van der Waals surface area contributed by atoms with E-state index in [-0.39, 0.29) is 0 Å². The van der Waals surface area contributed by atoms with Crippen molar-refractivity contribution in [3.05, 3.63) is 17.5 Å². The van der Waals surface area contributed by atoms with Crippen LogP contribution in [0.15, 0.2) is 16.1 Å². The molecule has 0 spiro atoms. The Morgan fingerprint density at radius 1 is 1.33 bits per heavy atom. The molecule has 3 rings (SSSR count). The van der Waals surface area contributed by atoms with Crippen LogP contribution < -0.4 is 9.47 Å². The van der Waals surface area contributed by atoms with Gasteiger partial charge in [-0.15, -0.1) is 11.3 Å². The Morgan fingerprint density at radius 3 is 3.00 bits per heavy atom. The lowest BCUT2D eigenvalue weighted by Gasteiger charge is -2.15. The van der Waals surface area contributed by atoms with E-state index in [1.165, 1.54) is 0 Å². The topological polar surface area (TPSA) is 44.5 Å². The highest BCUT2D eigenvalue weighted by atomic mass is 32.1. The third-order valence-corrected chi connectivity index (χ3v) is 3.11. The van der Waals surface area contributed by atoms with Gasteiger partial charge in [-0.1, -0.05) is 0 Å². The number of ether oxygens (including phenoxy) is 2. The van der Waals surface area contributed by atoms with E-state index in [1.54, 1.807) is 17.6 Å². The van der Waals surface area contributed by atoms with Gasteiger partial charge in [0.05, 0.1) is 0 Å². The first-order chi connectivity index (χ1) is 7.34. The molecule has 5 heteroatoms. The SMILES string of the molecule is Cc1nc(-c2scc3c2OCCO3)co1. The largest absolute Gasteiger partial charge is 0.485 e. The summed E-state index contributed by atoms with van der Waals surface area (Å²) >= 11 is 1.56. The maximum Gasteiger partial charge on any atom is 0.191 e. The van der Waals surface area contributed by atoms with Crippen LogP contribution in [0.4, 0.5) is 0 Å². The van der Waals surface area contributed by atoms with Gasteiger partial charge in [0.15, 0.2) is 17.4 Å². The van der Waals surface area contributed by atoms with Crippen molar-refractivity contribution in [1.82, 2.24) is 4.98 Å². The molecule has 2 aromatic heterocycles. The lowest BCUT2D eigenvalue weighted by atomic mass is 10.3. The number of aryl methyl sites for hydroxylation is 1. The number of fused-ring (bicyclic) bond motifs is 1. The number of rotatable bonds is 1. The third kappa shape index (κ3) is 1.39. The first-order valence-corrected chi connectivity index (χ1v) is 5.52. The zero-order valence-electron chi connectivity index (χ0n) is 8.15. The van der Waals surface area contributed by atoms with Gasteiger partial charge < -0.3 is 13.9 Å². The third-order valence-electron chi connectivity index (χ3n) is 2.15. The highest BCUT2D eigenvalue weighted by Gasteiger charge is 2.21. The molecule has 0 unspecified atom stereocenters. The number of oxazole rings is 1. The molecule has 0 atom stereocenters. The standard InChI is InChI=1S/C10H9NO3S/c1-6-11-7(4-14-6)10-9-8(5-15-10)12-2-3-13-9/h4-5H,2-3H2,1H3. The van der Waals surface area contributed by atoms with Gasteiger partial charge in [-0.05, 0) is 0 Å². The van der Waals surface area contributed by atoms with Crippen molar-refractivity contribution in [1.29, 1.82) is 0 Å². The van der Waals surface area contributed by atoms with Gasteiger partial charge in [0, 0.05) is 12.3 Å². The van der Waals surface area contributed by atoms with E-state index in [0.717, 1.165) is 22.1 Å². The van der Waals surface area contributed by atoms with Crippen LogP contribution in [-0.2, 0) is 0 Å². The summed E-state index contributed by atoms with van der Waals surface area (Å²) < 4.78 is 16.2. The number of thiophene rings is 1. The summed E-state index contributed by atoms with van der Waals surface area (Å²) in [6.45, 7) is 3.02. The van der Waals surface area contributed by atoms with Crippen molar-refractivity contribution in [3.8, 4) is 22.1 Å². The maximum absolute atomic E-state index is 5.56. The Hall–Kier alpha value is -1.49. The highest BCUT2D eigenvalue weighted by Crippen LogP contribution is 2.44. The first-order valence-electron chi connectivity index (χ1n) is 4.64. The number of aromatic nitrogens is 1. The van der Waals surface area contributed by atoms with Crippen LogP contribution in [0.25, 0.3) is 10.6 Å². The molecule has 3 heterocycles. The van der Waals surface area contributed by atoms with E-state index >= 15 is 0 Å². The van der Waals surface area contributed by atoms with Crippen molar-refractivity contribution >= 4 is 11.3 Å². The fourth-order valence-corrected chi connectivity index (χ4v) is 2.39. The van der Waals surface area contributed by atoms with Crippen LogP contribution in [0.3, 0.4) is 0 Å². The maximum atomic E-state index is 5.56. The van der Waals surface area contributed by atoms with Crippen molar-refractivity contribution < 1.29 is 13.9 Å². The lowest BCUT2D eigenvalue weighted by Crippen LogP contribution is -2.14. The molecule has 1 aliphatic rings. The summed E-state index contributed by atoms with van der Waals surface area (Å²) in [5.74, 6) is 2.25. The predicted octanol–water partition coefficient (Wildman–Crippen LogP) is 2.48. The fourth-order valence-electron chi connectivity index (χ4n) is 1.51. The molecule has 1 aliphatic heterocycles. The highest BCUT2D eigenvalue weighted by molar-refractivity contribution is 7.14. The minimum absolute atomic E-state index is 0.591. The molecule has 0 saturated carbocycles. The van der Waals surface area contributed by atoms with Crippen LogP contribution >= 0.6 is 11.3 Å². The van der Waals surface area contributed by atoms with E-state index in [1.807, 2.05) is 12.3 Å². The first kappa shape index (κ1) is 8.79. The van der Waals surface area contributed by atoms with Gasteiger partial charge in [-0.2, -0.15) is 0 Å². The van der Waals surface area contributed by atoms with E-state index in [4.69, 9.17) is 13.9 Å². The average Bonchev–Trinajstić information content (AvgIpc) is 2.83. The second-order valence-electron chi connectivity index (χ2n) is 3.21. The Balaban J connectivity index is 2.08. The van der Waals surface area contributed by atoms with Crippen LogP contribution in [0.2, 0.25) is 0 Å². The molecule has 78 valence electrons. The smallest absolute Gasteiger partial charge is 0.191 e. The molecule has 0 radical (unpaired) electrons. The molecule has 15 heavy (non-hydrogen) atoms. The molecule has 0 amide bonds. The predicted molar refractivity (Wildman–Crippen MR) is 55.5 cm³/mol. The molecule has 0 N–H and O–H groups in total. The lowest BCUT2D eigenvalue weighted by molar-refractivity contribution is 0.174. The second kappa shape index (κ2) is 3.27. The normalized spacial score (nSPS) is 14.2. The summed E-state index contributed by atoms with van der Waals surface area (Å²) in [7, 11) is 0. The van der Waals surface area contributed by atoms with Gasteiger partial charge in [-0.25, -0.2) is 4.98 Å². The minimum Gasteiger partial charge on any atom is -0.485 e. The van der Waals surface area contributed by atoms with E-state index in [9.17, 15) is 0 Å². The average molecular weight is 223 g/mol. The van der Waals surface area contributed by atoms with E-state index in [2.05, 4.69) is 4.98 Å². The minimum atomic E-state index is 0.591. The van der Waals surface area contributed by atoms with Crippen LogP contribution in [0, 0.1) is 6.92 Å². The van der Waals surface area contributed by atoms with E-state index < -0.39 is 0 Å². The molecule has 0 fully saturated rings. The molecule has 2 aromatic rings. The monoisotopic (exact) mass is 223 g/mol. The Kier molecular flexibility index (Phi) is 1.92. The second-order valence-corrected chi connectivity index (χ2v) is 4.09. The number of hydrogen-bond acceptors (Lipinski definition) is 5. The zero-order chi connectivity index (χ0) is 10.3. The molecule has 4 nitrogen and oxygen atoms in total. The Labute approximate surface area is 90.5 Å². The summed E-state index contributed by atoms with van der Waals surface area (Å²) in [6, 6.07) is 0. The molecule has 0 aromatic carbocycles. The molecular formula is C10H9NO3S. The Morgan fingerprint density at radius 2 is 2.20 bits per heavy atom. The summed E-state index contributed by atoms with van der Waals surface area (Å²) in [6.07, 6.45) is 1.64. The summed E-state index contributed by atoms with van der Waals surface area (Å²) in [5, 5.41) is 1.94. The zero-order valence-corrected chi connectivity index (χ0v) is 8.97. The fraction of sp³-hybridized carbons (Fsp3) is 0.300. The Bertz CT molecular complexity index is 489. The van der Waals surface area contributed by atoms with Crippen molar-refractivity contribution in [2.45, 2.75) is 6.92 Å². The van der Waals surface area contributed by atoms with Gasteiger partial charge in [0.1, 0.15) is 30.0 Å². The number of nitrogens with zero attached hydrogens (tertiary/aromatic N) is 1. The van der Waals surface area contributed by atoms with Gasteiger partial charge in [-0.3, -0.25) is 0 Å². The number of hydrogen-bond donors (Lipinski definition) is 0. The van der Waals surface area contributed by atoms with E-state index in [0.29, 0.717) is 19.1 Å². The van der Waals surface area contributed by atoms with Crippen LogP contribution in [0.1, 0.15) is 5.89 Å². The van der Waals surface area contributed by atoms with Gasteiger partial charge in [0.2, 0.25) is 0 Å². The molecule has 0 bridgehead atoms. The van der Waals surface area contributed by atoms with Crippen LogP contribution in [0.5, 0.6) is 11.5 Å². The summed E-state index contributed by atoms with van der Waals surface area (Å²) in [5.41, 5.74) is 0.809. The van der Waals surface area contributed by atoms with Gasteiger partial charge in [0.25, 0.3) is 0 Å². The van der Waals surface area contributed by atoms with Crippen LogP contribution in [-0.4, -0.2) is 18.2 Å². The van der Waals surface area contributed by atoms with Crippen molar-refractivity contribution in [2.24, 2.45) is 0 Å². The molecule has 0 aliphatic carbocycles. The van der Waals surface area contributed by atoms with Crippen molar-refractivity contribution in [3.63, 3.8) is 0 Å². The van der Waals surface area contributed by atoms with Gasteiger partial charge >= 0.3 is 0 Å². The van der Waals surface area contributed by atoms with Crippen molar-refractivity contribution in [2.75, 3.05) is 13.2 Å². The quantitative estimate of drug-likeness (QED) is 0.745. The summed E-state index contributed by atoms with van der Waals surface area (Å²) in [4.78, 5) is 5.24. The molecular weight excluding hydrogens is 214 g/mol.